The van der Waals surface area contributed by atoms with Gasteiger partial charge in [-0.15, -0.1) is 0 Å². The number of aromatic carboxylic acids is 1. The molecule has 0 saturated carbocycles. The third-order valence-corrected chi connectivity index (χ3v) is 8.44. The van der Waals surface area contributed by atoms with Gasteiger partial charge >= 0.3 is 5.97 Å². The van der Waals surface area contributed by atoms with Gasteiger partial charge in [0.15, 0.2) is 23.5 Å². The van der Waals surface area contributed by atoms with E-state index in [1.807, 2.05) is 50.2 Å². The second-order valence-corrected chi connectivity index (χ2v) is 11.9. The number of rotatable bonds is 6. The van der Waals surface area contributed by atoms with Crippen molar-refractivity contribution in [3.05, 3.63) is 76.5 Å². The topological polar surface area (TPSA) is 151 Å². The second-order valence-electron chi connectivity index (χ2n) is 11.9. The fourth-order valence-electron chi connectivity index (χ4n) is 6.30. The van der Waals surface area contributed by atoms with E-state index in [-0.39, 0.29) is 42.0 Å². The van der Waals surface area contributed by atoms with Gasteiger partial charge in [0.1, 0.15) is 23.3 Å². The summed E-state index contributed by atoms with van der Waals surface area (Å²) in [5.74, 6) is -2.61. The molecule has 0 fully saturated rings. The quantitative estimate of drug-likeness (QED) is 0.353. The molecule has 6 rings (SSSR count). The smallest absolute Gasteiger partial charge is 0.358 e. The predicted octanol–water partition coefficient (Wildman–Crippen LogP) is 3.81. The second kappa shape index (κ2) is 9.73. The molecule has 0 radical (unpaired) electrons. The van der Waals surface area contributed by atoms with Crippen molar-refractivity contribution in [3.63, 3.8) is 0 Å². The molecule has 5 atom stereocenters. The molecule has 3 aromatic rings. The molecule has 10 nitrogen and oxygen atoms in total. The lowest BCUT2D eigenvalue weighted by Gasteiger charge is -2.28. The summed E-state index contributed by atoms with van der Waals surface area (Å²) < 4.78 is 12.8. The SMILES string of the molecule is CC(C)[C@H](O)C(=O)C[C@H]1Cc2ccc3c(c2)C2(c4ccccc4N[C@H]2O3)c2oc(nc2C(=O)O)[C@H](C(C)C)NC1=O. The number of carboxylic acid groups (broad SMARTS) is 1. The van der Waals surface area contributed by atoms with Crippen LogP contribution in [-0.4, -0.2) is 45.2 Å². The lowest BCUT2D eigenvalue weighted by molar-refractivity contribution is -0.135. The first-order chi connectivity index (χ1) is 19.5. The van der Waals surface area contributed by atoms with Crippen LogP contribution in [0.1, 0.15) is 79.0 Å². The van der Waals surface area contributed by atoms with Gasteiger partial charge in [-0.2, -0.15) is 0 Å². The molecule has 3 aliphatic heterocycles. The Morgan fingerprint density at radius 3 is 2.56 bits per heavy atom. The van der Waals surface area contributed by atoms with E-state index in [9.17, 15) is 24.6 Å². The number of Topliss-reactive ketones (excluding diaryl/α,β-unsaturated/α-hetero) is 1. The van der Waals surface area contributed by atoms with Crippen molar-refractivity contribution >= 4 is 23.3 Å². The van der Waals surface area contributed by atoms with Crippen LogP contribution in [0.4, 0.5) is 5.69 Å². The fourth-order valence-corrected chi connectivity index (χ4v) is 6.30. The van der Waals surface area contributed by atoms with Gasteiger partial charge in [0.05, 0.1) is 0 Å². The monoisotopic (exact) mass is 559 g/mol. The molecular weight excluding hydrogens is 526 g/mol. The number of benzene rings is 2. The molecule has 2 aromatic carbocycles. The van der Waals surface area contributed by atoms with Crippen molar-refractivity contribution in [1.29, 1.82) is 0 Å². The molecule has 4 N–H and O–H groups in total. The molecule has 1 aromatic heterocycles. The van der Waals surface area contributed by atoms with Gasteiger partial charge in [-0.25, -0.2) is 9.78 Å². The van der Waals surface area contributed by atoms with Crippen molar-refractivity contribution in [2.45, 2.75) is 64.3 Å². The normalized spacial score (nSPS) is 24.9. The molecule has 1 amide bonds. The van der Waals surface area contributed by atoms with Crippen LogP contribution in [0.25, 0.3) is 0 Å². The van der Waals surface area contributed by atoms with Gasteiger partial charge in [-0.05, 0) is 41.5 Å². The summed E-state index contributed by atoms with van der Waals surface area (Å²) in [6.07, 6.45) is -1.80. The number of para-hydroxylation sites is 1. The molecule has 0 saturated heterocycles. The number of amides is 1. The summed E-state index contributed by atoms with van der Waals surface area (Å²) in [4.78, 5) is 43.8. The van der Waals surface area contributed by atoms with Gasteiger partial charge in [0, 0.05) is 23.6 Å². The number of ether oxygens (including phenoxy) is 1. The van der Waals surface area contributed by atoms with E-state index in [0.717, 1.165) is 16.8 Å². The largest absolute Gasteiger partial charge is 0.476 e. The van der Waals surface area contributed by atoms with E-state index >= 15 is 0 Å². The minimum Gasteiger partial charge on any atom is -0.476 e. The number of anilines is 1. The van der Waals surface area contributed by atoms with Gasteiger partial charge in [-0.3, -0.25) is 9.59 Å². The number of carbonyl (C=O) groups is 3. The zero-order chi connectivity index (χ0) is 29.2. The molecular formula is C31H33N3O7. The van der Waals surface area contributed by atoms with Crippen molar-refractivity contribution in [2.75, 3.05) is 5.32 Å². The Hall–Kier alpha value is -4.18. The standard InChI is InChI=1S/C31H33N3O7/c1-14(2)23-28-34-24(29(38)39)26(41-28)31-18-7-5-6-8-20(18)32-30(31)40-22-10-9-16(12-19(22)31)11-17(27(37)33-23)13-21(35)25(36)15(3)4/h5-10,12,14-15,17,23,25,30,32,36H,11,13H2,1-4H3,(H,33,37)(H,38,39)/t17-,23+,25+,30+,31?/m1/s1. The highest BCUT2D eigenvalue weighted by molar-refractivity contribution is 5.90. The molecule has 4 heterocycles. The van der Waals surface area contributed by atoms with Crippen LogP contribution >= 0.6 is 0 Å². The predicted molar refractivity (Wildman–Crippen MR) is 148 cm³/mol. The van der Waals surface area contributed by atoms with Crippen LogP contribution in [0.5, 0.6) is 5.75 Å². The summed E-state index contributed by atoms with van der Waals surface area (Å²) in [6.45, 7) is 7.25. The number of aliphatic hydroxyl groups excluding tert-OH is 1. The third kappa shape index (κ3) is 4.11. The summed E-state index contributed by atoms with van der Waals surface area (Å²) in [5, 5.41) is 27.1. The van der Waals surface area contributed by atoms with Gasteiger partial charge in [0.25, 0.3) is 0 Å². The zero-order valence-electron chi connectivity index (χ0n) is 23.3. The van der Waals surface area contributed by atoms with E-state index in [1.54, 1.807) is 19.9 Å². The van der Waals surface area contributed by atoms with Crippen LogP contribution in [0.2, 0.25) is 0 Å². The van der Waals surface area contributed by atoms with Crippen molar-refractivity contribution < 1.29 is 33.8 Å². The van der Waals surface area contributed by atoms with Crippen LogP contribution in [0.15, 0.2) is 46.9 Å². The number of oxazole rings is 1. The molecule has 41 heavy (non-hydrogen) atoms. The molecule has 4 bridgehead atoms. The van der Waals surface area contributed by atoms with Crippen molar-refractivity contribution in [1.82, 2.24) is 10.3 Å². The number of aromatic nitrogens is 1. The first-order valence-electron chi connectivity index (χ1n) is 13.9. The number of carbonyl (C=O) groups excluding carboxylic acids is 2. The van der Waals surface area contributed by atoms with Crippen LogP contribution < -0.4 is 15.4 Å². The van der Waals surface area contributed by atoms with Crippen LogP contribution in [0, 0.1) is 17.8 Å². The lowest BCUT2D eigenvalue weighted by atomic mass is 9.72. The number of carboxylic acids is 1. The highest BCUT2D eigenvalue weighted by Crippen LogP contribution is 2.58. The number of nitrogens with one attached hydrogen (secondary N) is 2. The summed E-state index contributed by atoms with van der Waals surface area (Å²) >= 11 is 0. The first-order valence-corrected chi connectivity index (χ1v) is 13.9. The molecule has 0 aliphatic carbocycles. The number of hydrogen-bond donors (Lipinski definition) is 4. The zero-order valence-corrected chi connectivity index (χ0v) is 23.3. The van der Waals surface area contributed by atoms with E-state index < -0.39 is 47.4 Å². The summed E-state index contributed by atoms with van der Waals surface area (Å²) in [7, 11) is 0. The summed E-state index contributed by atoms with van der Waals surface area (Å²) in [6, 6.07) is 12.4. The molecule has 1 unspecified atom stereocenters. The van der Waals surface area contributed by atoms with Gasteiger partial charge in [-0.1, -0.05) is 58.0 Å². The first kappa shape index (κ1) is 27.0. The number of nitrogens with zero attached hydrogens (tertiary/aromatic N) is 1. The minimum atomic E-state index is -1.26. The van der Waals surface area contributed by atoms with E-state index in [4.69, 9.17) is 9.15 Å². The number of aliphatic hydroxyl groups is 1. The van der Waals surface area contributed by atoms with E-state index in [2.05, 4.69) is 15.6 Å². The maximum absolute atomic E-state index is 13.7. The molecule has 3 aliphatic rings. The summed E-state index contributed by atoms with van der Waals surface area (Å²) in [5.41, 5.74) is 1.62. The lowest BCUT2D eigenvalue weighted by Crippen LogP contribution is -2.41. The van der Waals surface area contributed by atoms with E-state index in [1.165, 1.54) is 0 Å². The maximum Gasteiger partial charge on any atom is 0.358 e. The highest BCUT2D eigenvalue weighted by Gasteiger charge is 2.61. The minimum absolute atomic E-state index is 0.0655. The average molecular weight is 560 g/mol. The average Bonchev–Trinajstić information content (AvgIpc) is 3.59. The van der Waals surface area contributed by atoms with Crippen LogP contribution in [0.3, 0.4) is 0 Å². The Balaban J connectivity index is 1.59. The Morgan fingerprint density at radius 2 is 1.85 bits per heavy atom. The van der Waals surface area contributed by atoms with Gasteiger partial charge in [0.2, 0.25) is 11.8 Å². The molecule has 1 spiro atoms. The van der Waals surface area contributed by atoms with Gasteiger partial charge < -0.3 is 30.0 Å². The van der Waals surface area contributed by atoms with Crippen molar-refractivity contribution in [3.8, 4) is 5.75 Å². The van der Waals surface area contributed by atoms with E-state index in [0.29, 0.717) is 11.3 Å². The highest BCUT2D eigenvalue weighted by atomic mass is 16.5. The number of fused-ring (bicyclic) bond motifs is 4. The Bertz CT molecular complexity index is 1560. The molecule has 214 valence electrons. The fraction of sp³-hybridized carbons (Fsp3) is 0.419. The maximum atomic E-state index is 13.7. The van der Waals surface area contributed by atoms with Crippen LogP contribution in [-0.2, 0) is 21.4 Å². The number of hydrogen-bond acceptors (Lipinski definition) is 8. The van der Waals surface area contributed by atoms with Crippen molar-refractivity contribution in [2.24, 2.45) is 17.8 Å². The Kier molecular flexibility index (Phi) is 6.41. The Labute approximate surface area is 237 Å². The number of ketones is 1. The third-order valence-electron chi connectivity index (χ3n) is 8.44. The Morgan fingerprint density at radius 1 is 1.10 bits per heavy atom. The molecule has 10 heteroatoms.